The largest absolute Gasteiger partial charge is 0.490 e. The molecule has 10 heteroatoms. The van der Waals surface area contributed by atoms with Crippen molar-refractivity contribution in [1.29, 1.82) is 0 Å². The highest BCUT2D eigenvalue weighted by atomic mass is 19.4. The van der Waals surface area contributed by atoms with Gasteiger partial charge in [0.25, 0.3) is 0 Å². The SMILES string of the molecule is CN1C2CCC1CC(Oc1ccc(-c3ccc4cc[nH]c4c3)nn1)C2.O=C(O)C(F)(F)F. The van der Waals surface area contributed by atoms with Gasteiger partial charge in [0.05, 0.1) is 5.69 Å². The summed E-state index contributed by atoms with van der Waals surface area (Å²) in [7, 11) is 2.24. The number of rotatable bonds is 3. The van der Waals surface area contributed by atoms with Crippen molar-refractivity contribution >= 4 is 16.9 Å². The van der Waals surface area contributed by atoms with Crippen molar-refractivity contribution in [3.8, 4) is 17.1 Å². The van der Waals surface area contributed by atoms with E-state index in [0.29, 0.717) is 18.0 Å². The molecule has 4 heterocycles. The van der Waals surface area contributed by atoms with Gasteiger partial charge in [-0.05, 0) is 56.3 Å². The Morgan fingerprint density at radius 1 is 1.12 bits per heavy atom. The number of aromatic amines is 1. The van der Waals surface area contributed by atoms with E-state index < -0.39 is 12.1 Å². The molecule has 0 amide bonds. The van der Waals surface area contributed by atoms with E-state index in [4.69, 9.17) is 14.6 Å². The maximum absolute atomic E-state index is 10.6. The molecule has 1 aromatic carbocycles. The van der Waals surface area contributed by atoms with Crippen LogP contribution in [0.2, 0.25) is 0 Å². The Balaban J connectivity index is 0.000000307. The number of hydrogen-bond acceptors (Lipinski definition) is 5. The van der Waals surface area contributed by atoms with Crippen LogP contribution in [0.25, 0.3) is 22.2 Å². The number of carbonyl (C=O) groups is 1. The number of aliphatic carboxylic acids is 1. The second-order valence-corrected chi connectivity index (χ2v) is 8.10. The van der Waals surface area contributed by atoms with Crippen LogP contribution in [0.1, 0.15) is 25.7 Å². The van der Waals surface area contributed by atoms with Gasteiger partial charge in [-0.1, -0.05) is 12.1 Å². The number of nitrogens with zero attached hydrogens (tertiary/aromatic N) is 3. The average Bonchev–Trinajstić information content (AvgIpc) is 3.28. The van der Waals surface area contributed by atoms with Gasteiger partial charge in [-0.3, -0.25) is 0 Å². The molecule has 2 aliphatic heterocycles. The van der Waals surface area contributed by atoms with Crippen molar-refractivity contribution in [2.45, 2.75) is 50.0 Å². The van der Waals surface area contributed by atoms with E-state index in [-0.39, 0.29) is 6.10 Å². The van der Waals surface area contributed by atoms with Crippen molar-refractivity contribution < 1.29 is 27.8 Å². The van der Waals surface area contributed by atoms with E-state index >= 15 is 0 Å². The minimum Gasteiger partial charge on any atom is -0.475 e. The van der Waals surface area contributed by atoms with Gasteiger partial charge in [0, 0.05) is 35.4 Å². The van der Waals surface area contributed by atoms with Crippen LogP contribution in [0.3, 0.4) is 0 Å². The zero-order chi connectivity index (χ0) is 22.9. The first-order valence-corrected chi connectivity index (χ1v) is 10.3. The number of carboxylic acid groups (broad SMARTS) is 1. The summed E-state index contributed by atoms with van der Waals surface area (Å²) in [5.41, 5.74) is 3.04. The molecule has 7 nitrogen and oxygen atoms in total. The number of hydrogen-bond donors (Lipinski definition) is 2. The summed E-state index contributed by atoms with van der Waals surface area (Å²) in [5.74, 6) is -2.12. The van der Waals surface area contributed by atoms with Crippen LogP contribution in [0, 0.1) is 0 Å². The lowest BCUT2D eigenvalue weighted by atomic mass is 10.0. The van der Waals surface area contributed by atoms with Gasteiger partial charge in [0.2, 0.25) is 5.88 Å². The van der Waals surface area contributed by atoms with E-state index in [1.165, 1.54) is 18.2 Å². The number of aromatic nitrogens is 3. The summed E-state index contributed by atoms with van der Waals surface area (Å²) >= 11 is 0. The van der Waals surface area contributed by atoms with Crippen molar-refractivity contribution in [2.24, 2.45) is 0 Å². The topological polar surface area (TPSA) is 91.3 Å². The van der Waals surface area contributed by atoms with Gasteiger partial charge in [-0.15, -0.1) is 10.2 Å². The van der Waals surface area contributed by atoms with Gasteiger partial charge in [0.15, 0.2) is 0 Å². The molecule has 5 rings (SSSR count). The predicted octanol–water partition coefficient (Wildman–Crippen LogP) is 4.26. The van der Waals surface area contributed by atoms with Crippen LogP contribution in [-0.2, 0) is 4.79 Å². The number of H-pyrrole nitrogens is 1. The highest BCUT2D eigenvalue weighted by molar-refractivity contribution is 5.84. The third kappa shape index (κ3) is 4.85. The first kappa shape index (κ1) is 22.1. The molecule has 2 fully saturated rings. The summed E-state index contributed by atoms with van der Waals surface area (Å²) < 4.78 is 37.9. The first-order chi connectivity index (χ1) is 15.2. The molecule has 2 aliphatic rings. The minimum atomic E-state index is -5.08. The molecule has 2 atom stereocenters. The third-order valence-corrected chi connectivity index (χ3v) is 6.08. The lowest BCUT2D eigenvalue weighted by molar-refractivity contribution is -0.192. The van der Waals surface area contributed by atoms with Crippen LogP contribution in [0.4, 0.5) is 13.2 Å². The summed E-state index contributed by atoms with van der Waals surface area (Å²) in [6.07, 6.45) is 1.93. The number of carboxylic acids is 1. The van der Waals surface area contributed by atoms with Crippen molar-refractivity contribution in [3.05, 3.63) is 42.6 Å². The van der Waals surface area contributed by atoms with Gasteiger partial charge < -0.3 is 19.7 Å². The fourth-order valence-electron chi connectivity index (χ4n) is 4.37. The fraction of sp³-hybridized carbons (Fsp3) is 0.409. The Labute approximate surface area is 182 Å². The quantitative estimate of drug-likeness (QED) is 0.622. The van der Waals surface area contributed by atoms with E-state index in [1.807, 2.05) is 18.3 Å². The molecule has 2 N–H and O–H groups in total. The lowest BCUT2D eigenvalue weighted by Crippen LogP contribution is -2.43. The Hall–Kier alpha value is -3.14. The first-order valence-electron chi connectivity index (χ1n) is 10.3. The smallest absolute Gasteiger partial charge is 0.475 e. The molecule has 2 bridgehead atoms. The average molecular weight is 448 g/mol. The Morgan fingerprint density at radius 2 is 1.81 bits per heavy atom. The molecule has 0 aliphatic carbocycles. The van der Waals surface area contributed by atoms with Crippen LogP contribution < -0.4 is 4.74 Å². The molecule has 0 saturated carbocycles. The summed E-state index contributed by atoms with van der Waals surface area (Å²) in [4.78, 5) is 14.7. The molecule has 170 valence electrons. The molecule has 0 spiro atoms. The predicted molar refractivity (Wildman–Crippen MR) is 111 cm³/mol. The van der Waals surface area contributed by atoms with Crippen molar-refractivity contribution in [2.75, 3.05) is 7.05 Å². The number of nitrogens with one attached hydrogen (secondary N) is 1. The van der Waals surface area contributed by atoms with E-state index in [0.717, 1.165) is 29.6 Å². The molecule has 2 aromatic heterocycles. The molecule has 3 aromatic rings. The molecule has 32 heavy (non-hydrogen) atoms. The summed E-state index contributed by atoms with van der Waals surface area (Å²) in [5, 5.41) is 17.0. The second kappa shape index (κ2) is 8.78. The Morgan fingerprint density at radius 3 is 2.41 bits per heavy atom. The number of halogens is 3. The zero-order valence-electron chi connectivity index (χ0n) is 17.3. The molecular formula is C22H23F3N4O3. The Bertz CT molecular complexity index is 1070. The molecule has 2 saturated heterocycles. The van der Waals surface area contributed by atoms with Gasteiger partial charge in [0.1, 0.15) is 6.10 Å². The molecular weight excluding hydrogens is 425 g/mol. The maximum atomic E-state index is 10.6. The highest BCUT2D eigenvalue weighted by Crippen LogP contribution is 2.35. The number of piperidine rings is 1. The van der Waals surface area contributed by atoms with Crippen LogP contribution in [0.5, 0.6) is 5.88 Å². The number of alkyl halides is 3. The lowest BCUT2D eigenvalue weighted by Gasteiger charge is -2.35. The van der Waals surface area contributed by atoms with Crippen molar-refractivity contribution in [3.63, 3.8) is 0 Å². The number of benzene rings is 1. The zero-order valence-corrected chi connectivity index (χ0v) is 17.3. The molecule has 0 radical (unpaired) electrons. The summed E-state index contributed by atoms with van der Waals surface area (Å²) in [6.45, 7) is 0. The van der Waals surface area contributed by atoms with E-state index in [1.54, 1.807) is 0 Å². The van der Waals surface area contributed by atoms with Gasteiger partial charge in [-0.2, -0.15) is 13.2 Å². The van der Waals surface area contributed by atoms with Gasteiger partial charge in [-0.25, -0.2) is 4.79 Å². The maximum Gasteiger partial charge on any atom is 0.490 e. The standard InChI is InChI=1S/C20H22N4O.C2HF3O2/c1-24-15-4-5-16(24)12-17(11-15)25-20-7-6-18(22-23-20)14-3-2-13-8-9-21-19(13)10-14;3-2(4,5)1(6)7/h2-3,6-10,15-17,21H,4-5,11-12H2,1H3;(H,6,7). The minimum absolute atomic E-state index is 0.268. The normalized spacial score (nSPS) is 22.9. The number of ether oxygens (including phenoxy) is 1. The Kier molecular flexibility index (Phi) is 6.05. The summed E-state index contributed by atoms with van der Waals surface area (Å²) in [6, 6.07) is 13.6. The fourth-order valence-corrected chi connectivity index (χ4v) is 4.37. The van der Waals surface area contributed by atoms with Gasteiger partial charge >= 0.3 is 12.1 Å². The van der Waals surface area contributed by atoms with E-state index in [9.17, 15) is 13.2 Å². The molecule has 2 unspecified atom stereocenters. The monoisotopic (exact) mass is 448 g/mol. The number of fused-ring (bicyclic) bond motifs is 3. The second-order valence-electron chi connectivity index (χ2n) is 8.10. The van der Waals surface area contributed by atoms with Crippen LogP contribution in [-0.4, -0.2) is 62.6 Å². The van der Waals surface area contributed by atoms with E-state index in [2.05, 4.69) is 51.4 Å². The van der Waals surface area contributed by atoms with Crippen LogP contribution >= 0.6 is 0 Å². The highest BCUT2D eigenvalue weighted by Gasteiger charge is 2.39. The van der Waals surface area contributed by atoms with Crippen LogP contribution in [0.15, 0.2) is 42.6 Å². The third-order valence-electron chi connectivity index (χ3n) is 6.08. The van der Waals surface area contributed by atoms with Crippen molar-refractivity contribution in [1.82, 2.24) is 20.1 Å².